The molecule has 0 saturated carbocycles. The number of H-pyrrole nitrogens is 1. The molecule has 4 aromatic rings. The van der Waals surface area contributed by atoms with Crippen molar-refractivity contribution in [3.8, 4) is 0 Å². The molecule has 1 saturated heterocycles. The Labute approximate surface area is 164 Å². The van der Waals surface area contributed by atoms with Crippen LogP contribution in [0.5, 0.6) is 0 Å². The predicted molar refractivity (Wildman–Crippen MR) is 111 cm³/mol. The quantitative estimate of drug-likeness (QED) is 0.518. The molecular formula is C25H22N2O. The zero-order valence-electron chi connectivity index (χ0n) is 15.6. The van der Waals surface area contributed by atoms with E-state index >= 15 is 0 Å². The van der Waals surface area contributed by atoms with Crippen LogP contribution in [0.1, 0.15) is 34.8 Å². The molecule has 138 valence electrons. The molecule has 3 heteroatoms. The van der Waals surface area contributed by atoms with E-state index in [1.165, 1.54) is 33.3 Å². The van der Waals surface area contributed by atoms with E-state index in [0.717, 1.165) is 19.4 Å². The number of hydrogen-bond donors (Lipinski definition) is 1. The second kappa shape index (κ2) is 6.06. The Bertz CT molecular complexity index is 1090. The van der Waals surface area contributed by atoms with E-state index < -0.39 is 5.60 Å². The average molecular weight is 366 g/mol. The maximum absolute atomic E-state index is 6.79. The van der Waals surface area contributed by atoms with Crippen molar-refractivity contribution < 1.29 is 4.84 Å². The van der Waals surface area contributed by atoms with Gasteiger partial charge in [-0.2, -0.15) is 5.06 Å². The van der Waals surface area contributed by atoms with E-state index in [0.29, 0.717) is 0 Å². The highest BCUT2D eigenvalue weighted by molar-refractivity contribution is 5.85. The predicted octanol–water partition coefficient (Wildman–Crippen LogP) is 5.35. The highest BCUT2D eigenvalue weighted by Gasteiger charge is 2.50. The number of nitrogens with one attached hydrogen (secondary N) is 1. The molecule has 0 radical (unpaired) electrons. The summed E-state index contributed by atoms with van der Waals surface area (Å²) >= 11 is 0. The first-order valence-electron chi connectivity index (χ1n) is 10.0. The van der Waals surface area contributed by atoms with E-state index in [1.807, 2.05) is 0 Å². The van der Waals surface area contributed by atoms with Crippen molar-refractivity contribution in [2.45, 2.75) is 24.5 Å². The van der Waals surface area contributed by atoms with Crippen molar-refractivity contribution >= 4 is 10.9 Å². The summed E-state index contributed by atoms with van der Waals surface area (Å²) in [5, 5.41) is 3.56. The molecule has 0 bridgehead atoms. The maximum Gasteiger partial charge on any atom is 0.142 e. The van der Waals surface area contributed by atoms with Crippen molar-refractivity contribution in [3.05, 3.63) is 107 Å². The topological polar surface area (TPSA) is 28.3 Å². The Balaban J connectivity index is 1.51. The summed E-state index contributed by atoms with van der Waals surface area (Å²) in [5.41, 5.74) is 5.98. The smallest absolute Gasteiger partial charge is 0.142 e. The SMILES string of the molecule is c1ccc(C2(c3ccccc3)C[C@@H]3c4[nH]c5ccccc5c4CCN3O2)cc1. The summed E-state index contributed by atoms with van der Waals surface area (Å²) in [6.07, 6.45) is 1.91. The molecule has 0 amide bonds. The second-order valence-corrected chi connectivity index (χ2v) is 7.82. The monoisotopic (exact) mass is 366 g/mol. The van der Waals surface area contributed by atoms with Crippen molar-refractivity contribution in [3.63, 3.8) is 0 Å². The van der Waals surface area contributed by atoms with E-state index in [-0.39, 0.29) is 6.04 Å². The molecule has 6 rings (SSSR count). The number of fused-ring (bicyclic) bond motifs is 5. The van der Waals surface area contributed by atoms with Crippen LogP contribution in [0.25, 0.3) is 10.9 Å². The van der Waals surface area contributed by atoms with Crippen LogP contribution in [0, 0.1) is 0 Å². The van der Waals surface area contributed by atoms with Crippen LogP contribution < -0.4 is 0 Å². The number of nitrogens with zero attached hydrogens (tertiary/aromatic N) is 1. The lowest BCUT2D eigenvalue weighted by atomic mass is 9.80. The summed E-state index contributed by atoms with van der Waals surface area (Å²) in [6, 6.07) is 30.2. The lowest BCUT2D eigenvalue weighted by Crippen LogP contribution is -2.32. The summed E-state index contributed by atoms with van der Waals surface area (Å²) < 4.78 is 0. The van der Waals surface area contributed by atoms with Gasteiger partial charge in [0.2, 0.25) is 0 Å². The number of aromatic nitrogens is 1. The number of para-hydroxylation sites is 1. The van der Waals surface area contributed by atoms with Crippen molar-refractivity contribution in [2.24, 2.45) is 0 Å². The first-order valence-corrected chi connectivity index (χ1v) is 10.0. The largest absolute Gasteiger partial charge is 0.357 e. The Hall–Kier alpha value is -2.88. The zero-order chi connectivity index (χ0) is 18.6. The summed E-state index contributed by atoms with van der Waals surface area (Å²) in [6.45, 7) is 0.918. The van der Waals surface area contributed by atoms with Gasteiger partial charge in [-0.3, -0.25) is 4.84 Å². The van der Waals surface area contributed by atoms with E-state index in [9.17, 15) is 0 Å². The van der Waals surface area contributed by atoms with Crippen molar-refractivity contribution in [2.75, 3.05) is 6.54 Å². The molecule has 2 aliphatic rings. The van der Waals surface area contributed by atoms with E-state index in [1.54, 1.807) is 0 Å². The molecule has 0 aliphatic carbocycles. The fourth-order valence-corrected chi connectivity index (χ4v) is 5.04. The minimum atomic E-state index is -0.452. The molecule has 0 spiro atoms. The number of rotatable bonds is 2. The molecular weight excluding hydrogens is 344 g/mol. The van der Waals surface area contributed by atoms with Gasteiger partial charge in [0.1, 0.15) is 5.60 Å². The van der Waals surface area contributed by atoms with Crippen LogP contribution in [0.15, 0.2) is 84.9 Å². The van der Waals surface area contributed by atoms with Crippen LogP contribution in [-0.2, 0) is 16.9 Å². The highest BCUT2D eigenvalue weighted by Crippen LogP contribution is 2.52. The van der Waals surface area contributed by atoms with Gasteiger partial charge in [-0.05, 0) is 29.2 Å². The molecule has 2 aliphatic heterocycles. The lowest BCUT2D eigenvalue weighted by Gasteiger charge is -2.31. The number of hydroxylamine groups is 2. The summed E-state index contributed by atoms with van der Waals surface area (Å²) in [4.78, 5) is 10.5. The van der Waals surface area contributed by atoms with E-state index in [4.69, 9.17) is 4.84 Å². The molecule has 3 aromatic carbocycles. The molecule has 0 unspecified atom stereocenters. The van der Waals surface area contributed by atoms with Gasteiger partial charge in [0.15, 0.2) is 0 Å². The third kappa shape index (κ3) is 2.24. The van der Waals surface area contributed by atoms with Gasteiger partial charge in [-0.25, -0.2) is 0 Å². The van der Waals surface area contributed by atoms with Crippen molar-refractivity contribution in [1.29, 1.82) is 0 Å². The van der Waals surface area contributed by atoms with Crippen LogP contribution in [0.2, 0.25) is 0 Å². The third-order valence-electron chi connectivity index (χ3n) is 6.34. The Morgan fingerprint density at radius 3 is 2.18 bits per heavy atom. The zero-order valence-corrected chi connectivity index (χ0v) is 15.6. The van der Waals surface area contributed by atoms with Gasteiger partial charge >= 0.3 is 0 Å². The molecule has 1 atom stereocenters. The first-order chi connectivity index (χ1) is 13.9. The normalized spacial score (nSPS) is 20.8. The standard InChI is InChI=1S/C25H22N2O/c1-3-9-18(10-4-1)25(19-11-5-2-6-12-19)17-23-24-21(15-16-27(23)28-25)20-13-7-8-14-22(20)26-24/h1-14,23,26H,15-17H2/t23-/m1/s1. The molecule has 1 N–H and O–H groups in total. The number of benzene rings is 3. The number of hydrogen-bond acceptors (Lipinski definition) is 2. The maximum atomic E-state index is 6.79. The van der Waals surface area contributed by atoms with Gasteiger partial charge < -0.3 is 4.98 Å². The minimum absolute atomic E-state index is 0.233. The Kier molecular flexibility index (Phi) is 3.49. The molecule has 3 nitrogen and oxygen atoms in total. The van der Waals surface area contributed by atoms with Crippen LogP contribution >= 0.6 is 0 Å². The second-order valence-electron chi connectivity index (χ2n) is 7.82. The molecule has 3 heterocycles. The summed E-state index contributed by atoms with van der Waals surface area (Å²) in [5.74, 6) is 0. The highest BCUT2D eigenvalue weighted by atomic mass is 16.7. The lowest BCUT2D eigenvalue weighted by molar-refractivity contribution is -0.198. The molecule has 1 fully saturated rings. The van der Waals surface area contributed by atoms with Gasteiger partial charge in [0.25, 0.3) is 0 Å². The Morgan fingerprint density at radius 1 is 0.821 bits per heavy atom. The summed E-state index contributed by atoms with van der Waals surface area (Å²) in [7, 11) is 0. The van der Waals surface area contributed by atoms with Gasteiger partial charge in [0.05, 0.1) is 6.04 Å². The van der Waals surface area contributed by atoms with Gasteiger partial charge in [-0.15, -0.1) is 0 Å². The third-order valence-corrected chi connectivity index (χ3v) is 6.34. The fraction of sp³-hybridized carbons (Fsp3) is 0.200. The average Bonchev–Trinajstić information content (AvgIpc) is 3.34. The Morgan fingerprint density at radius 2 is 1.46 bits per heavy atom. The fourth-order valence-electron chi connectivity index (χ4n) is 5.04. The van der Waals surface area contributed by atoms with Crippen LogP contribution in [-0.4, -0.2) is 16.6 Å². The molecule has 28 heavy (non-hydrogen) atoms. The minimum Gasteiger partial charge on any atom is -0.357 e. The van der Waals surface area contributed by atoms with E-state index in [2.05, 4.69) is 95.0 Å². The number of aromatic amines is 1. The van der Waals surface area contributed by atoms with Gasteiger partial charge in [0, 0.05) is 29.6 Å². The van der Waals surface area contributed by atoms with Gasteiger partial charge in [-0.1, -0.05) is 78.9 Å². The molecule has 1 aromatic heterocycles. The van der Waals surface area contributed by atoms with Crippen LogP contribution in [0.4, 0.5) is 0 Å². The van der Waals surface area contributed by atoms with Crippen LogP contribution in [0.3, 0.4) is 0 Å². The van der Waals surface area contributed by atoms with Crippen molar-refractivity contribution in [1.82, 2.24) is 10.0 Å². The first kappa shape index (κ1) is 16.1.